The number of carbonyl (C=O) groups is 1. The number of aromatic nitrogens is 1. The van der Waals surface area contributed by atoms with Gasteiger partial charge in [-0.05, 0) is 74.0 Å². The van der Waals surface area contributed by atoms with Gasteiger partial charge in [0.25, 0.3) is 5.91 Å². The highest BCUT2D eigenvalue weighted by Crippen LogP contribution is 2.22. The predicted molar refractivity (Wildman–Crippen MR) is 151 cm³/mol. The van der Waals surface area contributed by atoms with Crippen LogP contribution in [0.2, 0.25) is 10.0 Å². The summed E-state index contributed by atoms with van der Waals surface area (Å²) in [4.78, 5) is 12.9. The Balaban J connectivity index is 1.51. The van der Waals surface area contributed by atoms with E-state index in [1.54, 1.807) is 18.3 Å². The van der Waals surface area contributed by atoms with E-state index >= 15 is 0 Å². The molecule has 0 spiro atoms. The van der Waals surface area contributed by atoms with E-state index in [1.165, 1.54) is 24.3 Å². The van der Waals surface area contributed by atoms with E-state index in [1.807, 2.05) is 62.4 Å². The number of amides is 1. The molecular formula is C28H26Cl2N4O3S. The van der Waals surface area contributed by atoms with Crippen LogP contribution in [0.15, 0.2) is 94.9 Å². The zero-order valence-corrected chi connectivity index (χ0v) is 23.1. The van der Waals surface area contributed by atoms with Crippen LogP contribution in [-0.4, -0.2) is 36.0 Å². The van der Waals surface area contributed by atoms with E-state index in [9.17, 15) is 13.2 Å². The summed E-state index contributed by atoms with van der Waals surface area (Å²) in [6.45, 7) is 3.53. The first-order valence-electron chi connectivity index (χ1n) is 11.7. The molecule has 0 saturated carbocycles. The summed E-state index contributed by atoms with van der Waals surface area (Å²) in [7, 11) is -3.98. The number of nitrogens with one attached hydrogen (secondary N) is 1. The molecule has 0 aliphatic rings. The van der Waals surface area contributed by atoms with Crippen molar-refractivity contribution < 1.29 is 13.2 Å². The van der Waals surface area contributed by atoms with Crippen LogP contribution >= 0.6 is 23.2 Å². The Kier molecular flexibility index (Phi) is 8.69. The molecule has 0 fully saturated rings. The first kappa shape index (κ1) is 27.6. The number of aryl methyl sites for hydroxylation is 1. The van der Waals surface area contributed by atoms with Crippen molar-refractivity contribution in [2.45, 2.75) is 25.3 Å². The molecule has 1 heterocycles. The number of halogens is 2. The van der Waals surface area contributed by atoms with Crippen molar-refractivity contribution in [1.29, 1.82) is 0 Å². The number of nitrogens with zero attached hydrogens (tertiary/aromatic N) is 3. The van der Waals surface area contributed by atoms with Gasteiger partial charge in [-0.15, -0.1) is 0 Å². The van der Waals surface area contributed by atoms with E-state index in [0.717, 1.165) is 32.5 Å². The molecule has 0 aliphatic carbocycles. The van der Waals surface area contributed by atoms with Gasteiger partial charge in [0, 0.05) is 39.2 Å². The van der Waals surface area contributed by atoms with Crippen molar-refractivity contribution in [2.75, 3.05) is 6.54 Å². The van der Waals surface area contributed by atoms with Crippen molar-refractivity contribution in [3.05, 3.63) is 117 Å². The van der Waals surface area contributed by atoms with E-state index < -0.39 is 22.5 Å². The molecular weight excluding hydrogens is 543 g/mol. The Morgan fingerprint density at radius 3 is 2.18 bits per heavy atom. The van der Waals surface area contributed by atoms with Gasteiger partial charge in [-0.1, -0.05) is 53.5 Å². The zero-order valence-electron chi connectivity index (χ0n) is 20.8. The van der Waals surface area contributed by atoms with Gasteiger partial charge in [0.15, 0.2) is 0 Å². The lowest BCUT2D eigenvalue weighted by molar-refractivity contribution is -0.121. The maximum atomic E-state index is 13.4. The number of hydrogen-bond donors (Lipinski definition) is 1. The third-order valence-electron chi connectivity index (χ3n) is 5.92. The maximum absolute atomic E-state index is 13.4. The third-order valence-corrected chi connectivity index (χ3v) is 8.23. The van der Waals surface area contributed by atoms with Crippen molar-refractivity contribution in [3.63, 3.8) is 0 Å². The van der Waals surface area contributed by atoms with Gasteiger partial charge >= 0.3 is 0 Å². The fourth-order valence-electron chi connectivity index (χ4n) is 4.04. The average molecular weight is 570 g/mol. The van der Waals surface area contributed by atoms with Gasteiger partial charge in [-0.3, -0.25) is 4.79 Å². The summed E-state index contributed by atoms with van der Waals surface area (Å²) < 4.78 is 29.9. The molecule has 0 bridgehead atoms. The monoisotopic (exact) mass is 568 g/mol. The first-order valence-corrected chi connectivity index (χ1v) is 13.9. The van der Waals surface area contributed by atoms with Crippen molar-refractivity contribution in [1.82, 2.24) is 14.3 Å². The largest absolute Gasteiger partial charge is 0.318 e. The molecule has 0 saturated heterocycles. The molecule has 4 rings (SSSR count). The van der Waals surface area contributed by atoms with Crippen LogP contribution < -0.4 is 5.43 Å². The highest BCUT2D eigenvalue weighted by Gasteiger charge is 2.27. The third kappa shape index (κ3) is 6.52. The van der Waals surface area contributed by atoms with Crippen LogP contribution in [0.3, 0.4) is 0 Å². The molecule has 7 nitrogen and oxygen atoms in total. The Hall–Kier alpha value is -3.43. The summed E-state index contributed by atoms with van der Waals surface area (Å²) in [6, 6.07) is 24.4. The minimum absolute atomic E-state index is 0.0190. The van der Waals surface area contributed by atoms with Crippen molar-refractivity contribution >= 4 is 45.3 Å². The summed E-state index contributed by atoms with van der Waals surface area (Å²) in [5.41, 5.74) is 6.89. The molecule has 4 aromatic rings. The summed E-state index contributed by atoms with van der Waals surface area (Å²) >= 11 is 11.9. The van der Waals surface area contributed by atoms with E-state index in [-0.39, 0.29) is 11.4 Å². The first-order chi connectivity index (χ1) is 18.1. The molecule has 38 heavy (non-hydrogen) atoms. The smallest absolute Gasteiger partial charge is 0.255 e. The molecule has 0 atom stereocenters. The minimum atomic E-state index is -3.98. The molecule has 10 heteroatoms. The van der Waals surface area contributed by atoms with Gasteiger partial charge in [0.2, 0.25) is 10.0 Å². The predicted octanol–water partition coefficient (Wildman–Crippen LogP) is 5.74. The Morgan fingerprint density at radius 2 is 1.55 bits per heavy atom. The Labute approximate surface area is 232 Å². The van der Waals surface area contributed by atoms with Crippen LogP contribution in [0.25, 0.3) is 5.69 Å². The number of benzene rings is 3. The average Bonchev–Trinajstić information content (AvgIpc) is 3.17. The molecule has 0 radical (unpaired) electrons. The number of hydrogen-bond acceptors (Lipinski definition) is 4. The van der Waals surface area contributed by atoms with Crippen LogP contribution in [-0.2, 0) is 21.4 Å². The van der Waals surface area contributed by atoms with Crippen molar-refractivity contribution in [3.8, 4) is 5.69 Å². The normalized spacial score (nSPS) is 11.8. The standard InChI is InChI=1S/C28H26Cl2N4O3S/c1-20-16-23(21(2)34(20)26-12-8-24(29)9-13-26)17-31-32-28(35)19-33(18-22-6-4-3-5-7-22)38(36,37)27-14-10-25(30)11-15-27/h3-17H,18-19H2,1-2H3,(H,32,35)/b31-17+. The topological polar surface area (TPSA) is 83.8 Å². The molecule has 1 aromatic heterocycles. The number of carbonyl (C=O) groups excluding carboxylic acids is 1. The molecule has 0 aliphatic heterocycles. The van der Waals surface area contributed by atoms with Crippen LogP contribution in [0.5, 0.6) is 0 Å². The fourth-order valence-corrected chi connectivity index (χ4v) is 5.68. The lowest BCUT2D eigenvalue weighted by atomic mass is 10.2. The lowest BCUT2D eigenvalue weighted by Gasteiger charge is -2.21. The van der Waals surface area contributed by atoms with Gasteiger partial charge in [-0.2, -0.15) is 9.41 Å². The van der Waals surface area contributed by atoms with E-state index in [2.05, 4.69) is 15.1 Å². The van der Waals surface area contributed by atoms with Gasteiger partial charge in [0.05, 0.1) is 17.7 Å². The highest BCUT2D eigenvalue weighted by molar-refractivity contribution is 7.89. The molecule has 3 aromatic carbocycles. The summed E-state index contributed by atoms with van der Waals surface area (Å²) in [6.07, 6.45) is 1.54. The Bertz CT molecular complexity index is 1550. The number of sulfonamides is 1. The second kappa shape index (κ2) is 12.0. The van der Waals surface area contributed by atoms with E-state index in [4.69, 9.17) is 23.2 Å². The second-order valence-corrected chi connectivity index (χ2v) is 11.5. The van der Waals surface area contributed by atoms with Crippen LogP contribution in [0.4, 0.5) is 0 Å². The maximum Gasteiger partial charge on any atom is 0.255 e. The van der Waals surface area contributed by atoms with E-state index in [0.29, 0.717) is 10.0 Å². The van der Waals surface area contributed by atoms with Crippen LogP contribution in [0, 0.1) is 13.8 Å². The zero-order chi connectivity index (χ0) is 27.3. The molecule has 1 amide bonds. The molecule has 196 valence electrons. The minimum Gasteiger partial charge on any atom is -0.318 e. The SMILES string of the molecule is Cc1cc(/C=N/NC(=O)CN(Cc2ccccc2)S(=O)(=O)c2ccc(Cl)cc2)c(C)n1-c1ccc(Cl)cc1. The second-order valence-electron chi connectivity index (χ2n) is 8.64. The number of hydrazone groups is 1. The summed E-state index contributed by atoms with van der Waals surface area (Å²) in [5, 5.41) is 5.16. The summed E-state index contributed by atoms with van der Waals surface area (Å²) in [5.74, 6) is -0.568. The fraction of sp³-hybridized carbons (Fsp3) is 0.143. The molecule has 1 N–H and O–H groups in total. The van der Waals surface area contributed by atoms with Crippen molar-refractivity contribution in [2.24, 2.45) is 5.10 Å². The van der Waals surface area contributed by atoms with Gasteiger partial charge in [-0.25, -0.2) is 13.8 Å². The van der Waals surface area contributed by atoms with Gasteiger partial charge < -0.3 is 4.57 Å². The van der Waals surface area contributed by atoms with Crippen LogP contribution in [0.1, 0.15) is 22.5 Å². The van der Waals surface area contributed by atoms with Gasteiger partial charge in [0.1, 0.15) is 0 Å². The Morgan fingerprint density at radius 1 is 0.947 bits per heavy atom. The lowest BCUT2D eigenvalue weighted by Crippen LogP contribution is -2.39. The number of rotatable bonds is 9. The quantitative estimate of drug-likeness (QED) is 0.206. The highest BCUT2D eigenvalue weighted by atomic mass is 35.5. The molecule has 0 unspecified atom stereocenters.